The zero-order valence-corrected chi connectivity index (χ0v) is 14.4. The first-order valence-electron chi connectivity index (χ1n) is 7.73. The molecule has 0 radical (unpaired) electrons. The Kier molecular flexibility index (Phi) is 6.12. The molecule has 1 aromatic heterocycles. The molecule has 0 saturated carbocycles. The van der Waals surface area contributed by atoms with Gasteiger partial charge in [-0.15, -0.1) is 0 Å². The highest BCUT2D eigenvalue weighted by Crippen LogP contribution is 2.21. The van der Waals surface area contributed by atoms with Crippen molar-refractivity contribution in [2.75, 3.05) is 14.2 Å². The van der Waals surface area contributed by atoms with E-state index in [1.165, 1.54) is 14.2 Å². The van der Waals surface area contributed by atoms with Crippen LogP contribution in [0.5, 0.6) is 17.8 Å². The predicted molar refractivity (Wildman–Crippen MR) is 89.5 cm³/mol. The van der Waals surface area contributed by atoms with Gasteiger partial charge in [-0.3, -0.25) is 4.79 Å². The van der Waals surface area contributed by atoms with Crippen LogP contribution in [-0.2, 0) is 11.2 Å². The Morgan fingerprint density at radius 3 is 2.12 bits per heavy atom. The summed E-state index contributed by atoms with van der Waals surface area (Å²) in [6, 6.07) is 11.2. The zero-order chi connectivity index (χ0) is 17.5. The predicted octanol–water partition coefficient (Wildman–Crippen LogP) is 2.71. The topological polar surface area (TPSA) is 70.5 Å². The van der Waals surface area contributed by atoms with Gasteiger partial charge >= 0.3 is 6.01 Å². The number of rotatable bonds is 8. The van der Waals surface area contributed by atoms with E-state index in [2.05, 4.69) is 9.97 Å². The number of methoxy groups -OCH3 is 2. The van der Waals surface area contributed by atoms with E-state index in [0.29, 0.717) is 18.2 Å². The van der Waals surface area contributed by atoms with Gasteiger partial charge in [0.1, 0.15) is 0 Å². The molecule has 0 amide bonds. The molecule has 0 fully saturated rings. The molecule has 128 valence electrons. The molecule has 1 atom stereocenters. The van der Waals surface area contributed by atoms with E-state index in [9.17, 15) is 4.79 Å². The summed E-state index contributed by atoms with van der Waals surface area (Å²) in [5, 5.41) is 0. The molecule has 0 bridgehead atoms. The van der Waals surface area contributed by atoms with Crippen LogP contribution in [-0.4, -0.2) is 36.1 Å². The monoisotopic (exact) mass is 330 g/mol. The lowest BCUT2D eigenvalue weighted by molar-refractivity contribution is -0.127. The smallest absolute Gasteiger partial charge is 0.323 e. The summed E-state index contributed by atoms with van der Waals surface area (Å²) in [4.78, 5) is 20.9. The second kappa shape index (κ2) is 8.29. The number of Topliss-reactive ketones (excluding diaryl/α,β-unsaturated/α-hetero) is 1. The summed E-state index contributed by atoms with van der Waals surface area (Å²) >= 11 is 0. The molecule has 1 aromatic carbocycles. The van der Waals surface area contributed by atoms with Gasteiger partial charge in [-0.1, -0.05) is 44.2 Å². The molecule has 0 saturated heterocycles. The zero-order valence-electron chi connectivity index (χ0n) is 14.4. The van der Waals surface area contributed by atoms with Gasteiger partial charge in [0.25, 0.3) is 0 Å². The van der Waals surface area contributed by atoms with Crippen LogP contribution in [0.25, 0.3) is 0 Å². The average Bonchev–Trinajstić information content (AvgIpc) is 2.59. The van der Waals surface area contributed by atoms with Gasteiger partial charge in [-0.05, 0) is 11.5 Å². The molecule has 2 aromatic rings. The molecule has 0 aliphatic heterocycles. The minimum atomic E-state index is -0.651. The highest BCUT2D eigenvalue weighted by Gasteiger charge is 2.26. The van der Waals surface area contributed by atoms with E-state index in [0.717, 1.165) is 5.56 Å². The first kappa shape index (κ1) is 17.7. The molecular formula is C18H22N2O4. The third-order valence-electron chi connectivity index (χ3n) is 3.45. The van der Waals surface area contributed by atoms with Crippen LogP contribution < -0.4 is 14.2 Å². The van der Waals surface area contributed by atoms with Crippen molar-refractivity contribution in [1.29, 1.82) is 0 Å². The van der Waals surface area contributed by atoms with Crippen molar-refractivity contribution in [1.82, 2.24) is 9.97 Å². The third-order valence-corrected chi connectivity index (χ3v) is 3.45. The maximum atomic E-state index is 12.6. The lowest BCUT2D eigenvalue weighted by atomic mass is 9.98. The first-order chi connectivity index (χ1) is 11.5. The van der Waals surface area contributed by atoms with Crippen LogP contribution in [0.15, 0.2) is 36.4 Å². The van der Waals surface area contributed by atoms with E-state index in [4.69, 9.17) is 14.2 Å². The summed E-state index contributed by atoms with van der Waals surface area (Å²) in [6.07, 6.45) is -0.354. The second-order valence-corrected chi connectivity index (χ2v) is 5.65. The molecule has 2 rings (SSSR count). The Labute approximate surface area is 141 Å². The van der Waals surface area contributed by atoms with Crippen LogP contribution in [0, 0.1) is 5.92 Å². The van der Waals surface area contributed by atoms with E-state index >= 15 is 0 Å². The van der Waals surface area contributed by atoms with Crippen molar-refractivity contribution in [2.45, 2.75) is 26.4 Å². The van der Waals surface area contributed by atoms with E-state index in [-0.39, 0.29) is 17.7 Å². The molecule has 1 unspecified atom stereocenters. The molecule has 0 N–H and O–H groups in total. The van der Waals surface area contributed by atoms with Crippen molar-refractivity contribution >= 4 is 5.78 Å². The van der Waals surface area contributed by atoms with Gasteiger partial charge in [-0.2, -0.15) is 9.97 Å². The summed E-state index contributed by atoms with van der Waals surface area (Å²) in [7, 11) is 2.98. The van der Waals surface area contributed by atoms with Crippen molar-refractivity contribution in [2.24, 2.45) is 5.92 Å². The maximum absolute atomic E-state index is 12.6. The number of benzene rings is 1. The highest BCUT2D eigenvalue weighted by molar-refractivity contribution is 5.85. The largest absolute Gasteiger partial charge is 0.481 e. The van der Waals surface area contributed by atoms with Crippen LogP contribution >= 0.6 is 0 Å². The standard InChI is InChI=1S/C18H22N2O4/c1-12(2)17(14(21)10-13-8-6-5-7-9-13)24-18-19-15(22-3)11-16(20-18)23-4/h5-9,11-12,17H,10H2,1-4H3. The lowest BCUT2D eigenvalue weighted by Gasteiger charge is -2.20. The van der Waals surface area contributed by atoms with Gasteiger partial charge in [-0.25, -0.2) is 0 Å². The fraction of sp³-hybridized carbons (Fsp3) is 0.389. The lowest BCUT2D eigenvalue weighted by Crippen LogP contribution is -2.34. The number of ether oxygens (including phenoxy) is 3. The van der Waals surface area contributed by atoms with Gasteiger partial charge in [0.15, 0.2) is 11.9 Å². The van der Waals surface area contributed by atoms with Crippen molar-refractivity contribution in [3.05, 3.63) is 42.0 Å². The number of hydrogen-bond donors (Lipinski definition) is 0. The minimum absolute atomic E-state index is 0.0259. The van der Waals surface area contributed by atoms with Crippen LogP contribution in [0.4, 0.5) is 0 Å². The fourth-order valence-corrected chi connectivity index (χ4v) is 2.23. The SMILES string of the molecule is COc1cc(OC)nc(OC(C(=O)Cc2ccccc2)C(C)C)n1. The fourth-order valence-electron chi connectivity index (χ4n) is 2.23. The molecule has 6 nitrogen and oxygen atoms in total. The quantitative estimate of drug-likeness (QED) is 0.741. The van der Waals surface area contributed by atoms with Crippen LogP contribution in [0.3, 0.4) is 0 Å². The van der Waals surface area contributed by atoms with Gasteiger partial charge < -0.3 is 14.2 Å². The molecule has 0 aliphatic rings. The Hall–Kier alpha value is -2.63. The van der Waals surface area contributed by atoms with Crippen LogP contribution in [0.1, 0.15) is 19.4 Å². The number of carbonyl (C=O) groups excluding carboxylic acids is 1. The number of hydrogen-bond acceptors (Lipinski definition) is 6. The number of ketones is 1. The van der Waals surface area contributed by atoms with Crippen molar-refractivity contribution in [3.63, 3.8) is 0 Å². The van der Waals surface area contributed by atoms with Gasteiger partial charge in [0.2, 0.25) is 11.8 Å². The summed E-state index contributed by atoms with van der Waals surface area (Å²) < 4.78 is 16.0. The summed E-state index contributed by atoms with van der Waals surface area (Å²) in [5.41, 5.74) is 0.945. The maximum Gasteiger partial charge on any atom is 0.323 e. The molecular weight excluding hydrogens is 308 g/mol. The van der Waals surface area contributed by atoms with E-state index in [1.807, 2.05) is 44.2 Å². The molecule has 1 heterocycles. The minimum Gasteiger partial charge on any atom is -0.481 e. The van der Waals surface area contributed by atoms with Crippen molar-refractivity contribution in [3.8, 4) is 17.8 Å². The molecule has 0 aliphatic carbocycles. The Bertz CT molecular complexity index is 652. The summed E-state index contributed by atoms with van der Waals surface area (Å²) in [5.74, 6) is 0.577. The normalized spacial score (nSPS) is 11.9. The molecule has 6 heteroatoms. The average molecular weight is 330 g/mol. The first-order valence-corrected chi connectivity index (χ1v) is 7.73. The van der Waals surface area contributed by atoms with Gasteiger partial charge in [0, 0.05) is 6.42 Å². The number of carbonyl (C=O) groups is 1. The second-order valence-electron chi connectivity index (χ2n) is 5.65. The summed E-state index contributed by atoms with van der Waals surface area (Å²) in [6.45, 7) is 3.84. The van der Waals surface area contributed by atoms with Crippen LogP contribution in [0.2, 0.25) is 0 Å². The van der Waals surface area contributed by atoms with E-state index in [1.54, 1.807) is 6.07 Å². The van der Waals surface area contributed by atoms with E-state index < -0.39 is 6.10 Å². The van der Waals surface area contributed by atoms with Crippen molar-refractivity contribution < 1.29 is 19.0 Å². The Morgan fingerprint density at radius 1 is 1.04 bits per heavy atom. The Balaban J connectivity index is 2.18. The Morgan fingerprint density at radius 2 is 1.62 bits per heavy atom. The highest BCUT2D eigenvalue weighted by atomic mass is 16.5. The number of aromatic nitrogens is 2. The van der Waals surface area contributed by atoms with Gasteiger partial charge in [0.05, 0.1) is 20.3 Å². The number of nitrogens with zero attached hydrogens (tertiary/aromatic N) is 2. The molecule has 24 heavy (non-hydrogen) atoms. The third kappa shape index (κ3) is 4.68. The molecule has 0 spiro atoms.